The number of nitrogens with two attached hydrogens (primary N) is 1. The Kier molecular flexibility index (Phi) is 4.08. The van der Waals surface area contributed by atoms with Crippen molar-refractivity contribution in [3.63, 3.8) is 0 Å². The number of aryl methyl sites for hydroxylation is 2. The summed E-state index contributed by atoms with van der Waals surface area (Å²) in [6, 6.07) is 6.42. The number of halogens is 1. The molecule has 0 amide bonds. The zero-order valence-corrected chi connectivity index (χ0v) is 11.7. The zero-order valence-electron chi connectivity index (χ0n) is 11.7. The first kappa shape index (κ1) is 14.1. The quantitative estimate of drug-likeness (QED) is 0.872. The van der Waals surface area contributed by atoms with Gasteiger partial charge in [0.1, 0.15) is 12.4 Å². The fourth-order valence-electron chi connectivity index (χ4n) is 1.83. The standard InChI is InChI=1S/C15H17FN2O2/c1-9-4-15(13(16)7-14(9)17)20-8-11-6-12(19-3)5-10(2)18-11/h4-7H,8,17H2,1-3H3. The van der Waals surface area contributed by atoms with E-state index >= 15 is 0 Å². The lowest BCUT2D eigenvalue weighted by Crippen LogP contribution is -2.03. The van der Waals surface area contributed by atoms with Crippen molar-refractivity contribution >= 4 is 5.69 Å². The summed E-state index contributed by atoms with van der Waals surface area (Å²) in [4.78, 5) is 4.31. The Morgan fingerprint density at radius 1 is 1.20 bits per heavy atom. The molecule has 0 atom stereocenters. The Balaban J connectivity index is 2.16. The van der Waals surface area contributed by atoms with Crippen molar-refractivity contribution < 1.29 is 13.9 Å². The summed E-state index contributed by atoms with van der Waals surface area (Å²) in [5.74, 6) is 0.386. The van der Waals surface area contributed by atoms with Crippen LogP contribution in [0.1, 0.15) is 17.0 Å². The zero-order chi connectivity index (χ0) is 14.7. The van der Waals surface area contributed by atoms with Crippen molar-refractivity contribution in [2.75, 3.05) is 12.8 Å². The van der Waals surface area contributed by atoms with Gasteiger partial charge in [0.15, 0.2) is 11.6 Å². The summed E-state index contributed by atoms with van der Waals surface area (Å²) < 4.78 is 24.3. The highest BCUT2D eigenvalue weighted by Gasteiger charge is 2.08. The minimum atomic E-state index is -0.479. The van der Waals surface area contributed by atoms with Crippen LogP contribution >= 0.6 is 0 Å². The fourth-order valence-corrected chi connectivity index (χ4v) is 1.83. The average molecular weight is 276 g/mol. The van der Waals surface area contributed by atoms with E-state index < -0.39 is 5.82 Å². The van der Waals surface area contributed by atoms with Crippen LogP contribution < -0.4 is 15.2 Å². The molecule has 1 aromatic heterocycles. The average Bonchev–Trinajstić information content (AvgIpc) is 2.40. The summed E-state index contributed by atoms with van der Waals surface area (Å²) in [7, 11) is 1.59. The molecule has 0 unspecified atom stereocenters. The summed E-state index contributed by atoms with van der Waals surface area (Å²) in [5, 5.41) is 0. The van der Waals surface area contributed by atoms with Gasteiger partial charge in [0.05, 0.1) is 12.8 Å². The van der Waals surface area contributed by atoms with Crippen LogP contribution in [0.2, 0.25) is 0 Å². The lowest BCUT2D eigenvalue weighted by atomic mass is 10.2. The summed E-state index contributed by atoms with van der Waals surface area (Å²) in [6.07, 6.45) is 0. The lowest BCUT2D eigenvalue weighted by molar-refractivity contribution is 0.284. The van der Waals surface area contributed by atoms with Gasteiger partial charge in [-0.25, -0.2) is 4.39 Å². The maximum atomic E-state index is 13.7. The molecular formula is C15H17FN2O2. The van der Waals surface area contributed by atoms with Gasteiger partial charge < -0.3 is 15.2 Å². The first-order chi connectivity index (χ1) is 9.49. The molecule has 106 valence electrons. The molecule has 0 saturated carbocycles. The topological polar surface area (TPSA) is 57.4 Å². The minimum absolute atomic E-state index is 0.165. The van der Waals surface area contributed by atoms with E-state index in [0.717, 1.165) is 11.3 Å². The lowest BCUT2D eigenvalue weighted by Gasteiger charge is -2.10. The highest BCUT2D eigenvalue weighted by Crippen LogP contribution is 2.24. The Morgan fingerprint density at radius 3 is 2.65 bits per heavy atom. The molecule has 0 radical (unpaired) electrons. The Labute approximate surface area is 117 Å². The second kappa shape index (κ2) is 5.77. The first-order valence-corrected chi connectivity index (χ1v) is 6.19. The van der Waals surface area contributed by atoms with E-state index in [1.165, 1.54) is 6.07 Å². The normalized spacial score (nSPS) is 10.4. The van der Waals surface area contributed by atoms with E-state index in [2.05, 4.69) is 4.98 Å². The molecule has 0 spiro atoms. The van der Waals surface area contributed by atoms with Gasteiger partial charge in [-0.05, 0) is 25.5 Å². The monoisotopic (exact) mass is 276 g/mol. The smallest absolute Gasteiger partial charge is 0.167 e. The molecule has 2 rings (SSSR count). The number of methoxy groups -OCH3 is 1. The number of ether oxygens (including phenoxy) is 2. The Bertz CT molecular complexity index is 630. The molecule has 0 bridgehead atoms. The number of aromatic nitrogens is 1. The molecule has 0 saturated heterocycles. The summed E-state index contributed by atoms with van der Waals surface area (Å²) in [6.45, 7) is 3.83. The summed E-state index contributed by atoms with van der Waals surface area (Å²) in [5.41, 5.74) is 8.31. The van der Waals surface area contributed by atoms with Crippen LogP contribution in [0.4, 0.5) is 10.1 Å². The second-order valence-corrected chi connectivity index (χ2v) is 4.57. The molecule has 0 aliphatic carbocycles. The van der Waals surface area contributed by atoms with Gasteiger partial charge in [0.2, 0.25) is 0 Å². The predicted molar refractivity (Wildman–Crippen MR) is 75.4 cm³/mol. The number of hydrogen-bond acceptors (Lipinski definition) is 4. The highest BCUT2D eigenvalue weighted by atomic mass is 19.1. The number of benzene rings is 1. The van der Waals surface area contributed by atoms with Gasteiger partial charge in [-0.3, -0.25) is 4.98 Å². The van der Waals surface area contributed by atoms with Gasteiger partial charge in [0.25, 0.3) is 0 Å². The molecule has 1 aromatic carbocycles. The summed E-state index contributed by atoms with van der Waals surface area (Å²) >= 11 is 0. The van der Waals surface area contributed by atoms with E-state index in [1.807, 2.05) is 13.0 Å². The molecule has 20 heavy (non-hydrogen) atoms. The molecule has 5 heteroatoms. The molecular weight excluding hydrogens is 259 g/mol. The van der Waals surface area contributed by atoms with Crippen molar-refractivity contribution in [1.82, 2.24) is 4.98 Å². The van der Waals surface area contributed by atoms with Gasteiger partial charge in [-0.1, -0.05) is 0 Å². The van der Waals surface area contributed by atoms with E-state index in [0.29, 0.717) is 17.1 Å². The third-order valence-corrected chi connectivity index (χ3v) is 2.91. The predicted octanol–water partition coefficient (Wildman–Crippen LogP) is 3.01. The maximum Gasteiger partial charge on any atom is 0.167 e. The molecule has 2 aromatic rings. The first-order valence-electron chi connectivity index (χ1n) is 6.19. The van der Waals surface area contributed by atoms with Crippen LogP contribution in [0.25, 0.3) is 0 Å². The number of pyridine rings is 1. The van der Waals surface area contributed by atoms with Gasteiger partial charge in [-0.2, -0.15) is 0 Å². The van der Waals surface area contributed by atoms with Crippen molar-refractivity contribution in [2.45, 2.75) is 20.5 Å². The fraction of sp³-hybridized carbons (Fsp3) is 0.267. The Morgan fingerprint density at radius 2 is 1.95 bits per heavy atom. The van der Waals surface area contributed by atoms with Crippen molar-refractivity contribution in [1.29, 1.82) is 0 Å². The largest absolute Gasteiger partial charge is 0.497 e. The number of rotatable bonds is 4. The van der Waals surface area contributed by atoms with Gasteiger partial charge in [0, 0.05) is 29.6 Å². The van der Waals surface area contributed by atoms with Crippen molar-refractivity contribution in [3.8, 4) is 11.5 Å². The van der Waals surface area contributed by atoms with E-state index in [9.17, 15) is 4.39 Å². The molecule has 2 N–H and O–H groups in total. The molecule has 0 aliphatic heterocycles. The Hall–Kier alpha value is -2.30. The van der Waals surface area contributed by atoms with Crippen molar-refractivity contribution in [2.24, 2.45) is 0 Å². The van der Waals surface area contributed by atoms with Crippen LogP contribution in [0.5, 0.6) is 11.5 Å². The van der Waals surface area contributed by atoms with Crippen LogP contribution in [0.3, 0.4) is 0 Å². The van der Waals surface area contributed by atoms with Gasteiger partial charge in [-0.15, -0.1) is 0 Å². The van der Waals surface area contributed by atoms with Crippen LogP contribution in [-0.2, 0) is 6.61 Å². The van der Waals surface area contributed by atoms with Crippen LogP contribution in [0, 0.1) is 19.7 Å². The van der Waals surface area contributed by atoms with E-state index in [-0.39, 0.29) is 12.4 Å². The molecule has 1 heterocycles. The maximum absolute atomic E-state index is 13.7. The SMILES string of the molecule is COc1cc(C)nc(COc2cc(C)c(N)cc2F)c1. The molecule has 0 fully saturated rings. The van der Waals surface area contributed by atoms with E-state index in [4.69, 9.17) is 15.2 Å². The number of nitrogen functional groups attached to an aromatic ring is 1. The number of nitrogens with zero attached hydrogens (tertiary/aromatic N) is 1. The second-order valence-electron chi connectivity index (χ2n) is 4.57. The number of hydrogen-bond donors (Lipinski definition) is 1. The molecule has 4 nitrogen and oxygen atoms in total. The third kappa shape index (κ3) is 3.17. The van der Waals surface area contributed by atoms with Gasteiger partial charge >= 0.3 is 0 Å². The van der Waals surface area contributed by atoms with Crippen LogP contribution in [-0.4, -0.2) is 12.1 Å². The van der Waals surface area contributed by atoms with Crippen molar-refractivity contribution in [3.05, 3.63) is 47.0 Å². The minimum Gasteiger partial charge on any atom is -0.497 e. The number of anilines is 1. The third-order valence-electron chi connectivity index (χ3n) is 2.91. The molecule has 0 aliphatic rings. The van der Waals surface area contributed by atoms with Crippen LogP contribution in [0.15, 0.2) is 24.3 Å². The highest BCUT2D eigenvalue weighted by molar-refractivity contribution is 5.50. The van der Waals surface area contributed by atoms with E-state index in [1.54, 1.807) is 26.2 Å².